The second kappa shape index (κ2) is 8.37. The van der Waals surface area contributed by atoms with Crippen LogP contribution in [0.3, 0.4) is 0 Å². The predicted octanol–water partition coefficient (Wildman–Crippen LogP) is 3.66. The average Bonchev–Trinajstić information content (AvgIpc) is 2.64. The third-order valence-electron chi connectivity index (χ3n) is 4.54. The van der Waals surface area contributed by atoms with E-state index >= 15 is 0 Å². The van der Waals surface area contributed by atoms with Crippen molar-refractivity contribution in [2.45, 2.75) is 18.6 Å². The smallest absolute Gasteiger partial charge is 0.228 e. The van der Waals surface area contributed by atoms with E-state index in [-0.39, 0.29) is 18.2 Å². The van der Waals surface area contributed by atoms with Gasteiger partial charge in [-0.05, 0) is 42.7 Å². The van der Waals surface area contributed by atoms with Gasteiger partial charge in [-0.1, -0.05) is 35.9 Å². The van der Waals surface area contributed by atoms with Crippen molar-refractivity contribution in [2.75, 3.05) is 18.4 Å². The first-order chi connectivity index (χ1) is 12.8. The predicted molar refractivity (Wildman–Crippen MR) is 103 cm³/mol. The molecule has 0 saturated carbocycles. The van der Waals surface area contributed by atoms with E-state index in [4.69, 9.17) is 11.6 Å². The lowest BCUT2D eigenvalue weighted by molar-refractivity contribution is -0.120. The Morgan fingerprint density at radius 2 is 2.00 bits per heavy atom. The second-order valence-electron chi connectivity index (χ2n) is 6.54. The van der Waals surface area contributed by atoms with Crippen molar-refractivity contribution < 1.29 is 17.6 Å². The summed E-state index contributed by atoms with van der Waals surface area (Å²) in [5.74, 6) is -1.44. The van der Waals surface area contributed by atoms with Crippen LogP contribution < -0.4 is 5.32 Å². The minimum absolute atomic E-state index is 0.105. The second-order valence-corrected chi connectivity index (χ2v) is 8.92. The summed E-state index contributed by atoms with van der Waals surface area (Å²) in [6, 6.07) is 12.4. The number of carbonyl (C=O) groups is 1. The maximum atomic E-state index is 13.3. The number of amides is 1. The lowest BCUT2D eigenvalue weighted by Crippen LogP contribution is -2.44. The molecule has 144 valence electrons. The van der Waals surface area contributed by atoms with Crippen molar-refractivity contribution in [3.8, 4) is 0 Å². The molecule has 1 fully saturated rings. The fraction of sp³-hybridized carbons (Fsp3) is 0.316. The zero-order valence-electron chi connectivity index (χ0n) is 14.6. The van der Waals surface area contributed by atoms with Crippen LogP contribution in [-0.4, -0.2) is 31.7 Å². The Kier molecular flexibility index (Phi) is 6.14. The molecule has 1 saturated heterocycles. The van der Waals surface area contributed by atoms with Gasteiger partial charge in [0.25, 0.3) is 0 Å². The monoisotopic (exact) mass is 410 g/mol. The average molecular weight is 411 g/mol. The van der Waals surface area contributed by atoms with E-state index in [9.17, 15) is 17.6 Å². The highest BCUT2D eigenvalue weighted by atomic mass is 35.5. The number of carbonyl (C=O) groups excluding carboxylic acids is 1. The molecule has 27 heavy (non-hydrogen) atoms. The van der Waals surface area contributed by atoms with Crippen LogP contribution in [0.25, 0.3) is 0 Å². The van der Waals surface area contributed by atoms with Crippen LogP contribution in [0.2, 0.25) is 5.02 Å². The number of piperidine rings is 1. The lowest BCUT2D eigenvalue weighted by Gasteiger charge is -2.31. The molecule has 1 heterocycles. The third-order valence-corrected chi connectivity index (χ3v) is 6.70. The van der Waals surface area contributed by atoms with E-state index in [1.165, 1.54) is 22.5 Å². The summed E-state index contributed by atoms with van der Waals surface area (Å²) in [6.45, 7) is 0.477. The van der Waals surface area contributed by atoms with Crippen LogP contribution in [0.5, 0.6) is 0 Å². The highest BCUT2D eigenvalue weighted by molar-refractivity contribution is 7.88. The molecule has 0 aliphatic carbocycles. The van der Waals surface area contributed by atoms with E-state index in [0.29, 0.717) is 35.7 Å². The van der Waals surface area contributed by atoms with E-state index in [1.54, 1.807) is 30.3 Å². The van der Waals surface area contributed by atoms with Crippen LogP contribution in [0.15, 0.2) is 48.5 Å². The molecule has 0 radical (unpaired) electrons. The van der Waals surface area contributed by atoms with E-state index < -0.39 is 21.8 Å². The minimum atomic E-state index is -3.60. The van der Waals surface area contributed by atoms with E-state index in [1.807, 2.05) is 0 Å². The summed E-state index contributed by atoms with van der Waals surface area (Å²) < 4.78 is 40.1. The first kappa shape index (κ1) is 19.8. The minimum Gasteiger partial charge on any atom is -0.326 e. The highest BCUT2D eigenvalue weighted by Gasteiger charge is 2.32. The molecule has 8 heteroatoms. The standard InChI is InChI=1S/C19H20ClFN2O3S/c20-18-9-2-1-5-15(18)13-27(25,26)23-10-4-6-14(12-23)19(24)22-17-8-3-7-16(21)11-17/h1-3,5,7-9,11,14H,4,6,10,12-13H2,(H,22,24). The van der Waals surface area contributed by atoms with Crippen molar-refractivity contribution >= 4 is 33.2 Å². The number of benzene rings is 2. The number of rotatable bonds is 5. The number of hydrogen-bond donors (Lipinski definition) is 1. The molecule has 0 aromatic heterocycles. The maximum Gasteiger partial charge on any atom is 0.228 e. The first-order valence-corrected chi connectivity index (χ1v) is 10.6. The molecule has 2 aromatic carbocycles. The van der Waals surface area contributed by atoms with Crippen molar-refractivity contribution in [3.63, 3.8) is 0 Å². The SMILES string of the molecule is O=C(Nc1cccc(F)c1)C1CCCN(S(=O)(=O)Cc2ccccc2Cl)C1. The summed E-state index contributed by atoms with van der Waals surface area (Å²) >= 11 is 6.07. The van der Waals surface area contributed by atoms with Crippen LogP contribution >= 0.6 is 11.6 Å². The van der Waals surface area contributed by atoms with Gasteiger partial charge in [-0.2, -0.15) is 0 Å². The lowest BCUT2D eigenvalue weighted by atomic mass is 9.99. The Morgan fingerprint density at radius 3 is 2.74 bits per heavy atom. The molecular formula is C19H20ClFN2O3S. The van der Waals surface area contributed by atoms with Crippen molar-refractivity contribution in [2.24, 2.45) is 5.92 Å². The summed E-state index contributed by atoms with van der Waals surface area (Å²) in [4.78, 5) is 12.5. The molecule has 1 N–H and O–H groups in total. The number of anilines is 1. The van der Waals surface area contributed by atoms with Gasteiger partial charge in [0.1, 0.15) is 5.82 Å². The summed E-state index contributed by atoms with van der Waals surface area (Å²) in [6.07, 6.45) is 1.17. The highest BCUT2D eigenvalue weighted by Crippen LogP contribution is 2.25. The van der Waals surface area contributed by atoms with Gasteiger partial charge in [0.15, 0.2) is 0 Å². The molecule has 0 bridgehead atoms. The summed E-state index contributed by atoms with van der Waals surface area (Å²) in [5.41, 5.74) is 0.890. The molecule has 3 rings (SSSR count). The van der Waals surface area contributed by atoms with E-state index in [0.717, 1.165) is 0 Å². The van der Waals surface area contributed by atoms with Crippen molar-refractivity contribution in [1.82, 2.24) is 4.31 Å². The number of nitrogens with one attached hydrogen (secondary N) is 1. The van der Waals surface area contributed by atoms with Gasteiger partial charge in [-0.25, -0.2) is 17.1 Å². The number of halogens is 2. The molecule has 5 nitrogen and oxygen atoms in total. The van der Waals surface area contributed by atoms with Crippen molar-refractivity contribution in [1.29, 1.82) is 0 Å². The Morgan fingerprint density at radius 1 is 1.22 bits per heavy atom. The third kappa shape index (κ3) is 5.06. The van der Waals surface area contributed by atoms with Crippen LogP contribution in [-0.2, 0) is 20.6 Å². The molecular weight excluding hydrogens is 391 g/mol. The van der Waals surface area contributed by atoms with Gasteiger partial charge in [0, 0.05) is 23.8 Å². The van der Waals surface area contributed by atoms with Gasteiger partial charge >= 0.3 is 0 Å². The van der Waals surface area contributed by atoms with Crippen LogP contribution in [0.1, 0.15) is 18.4 Å². The Hall–Kier alpha value is -1.96. The van der Waals surface area contributed by atoms with Gasteiger partial charge in [0.2, 0.25) is 15.9 Å². The number of nitrogens with zero attached hydrogens (tertiary/aromatic N) is 1. The van der Waals surface area contributed by atoms with Crippen molar-refractivity contribution in [3.05, 3.63) is 64.9 Å². The fourth-order valence-corrected chi connectivity index (χ4v) is 5.05. The van der Waals surface area contributed by atoms with Gasteiger partial charge < -0.3 is 5.32 Å². The normalized spacial score (nSPS) is 18.2. The van der Waals surface area contributed by atoms with E-state index in [2.05, 4.69) is 5.32 Å². The quantitative estimate of drug-likeness (QED) is 0.818. The molecule has 1 amide bonds. The molecule has 2 aromatic rings. The van der Waals surface area contributed by atoms with Crippen LogP contribution in [0.4, 0.5) is 10.1 Å². The molecule has 1 unspecified atom stereocenters. The molecule has 1 aliphatic rings. The Bertz CT molecular complexity index is 936. The summed E-state index contributed by atoms with van der Waals surface area (Å²) in [5, 5.41) is 3.06. The first-order valence-electron chi connectivity index (χ1n) is 8.63. The fourth-order valence-electron chi connectivity index (χ4n) is 3.12. The maximum absolute atomic E-state index is 13.3. The van der Waals surface area contributed by atoms with Gasteiger partial charge in [-0.3, -0.25) is 4.79 Å². The largest absolute Gasteiger partial charge is 0.326 e. The van der Waals surface area contributed by atoms with Crippen LogP contribution in [0, 0.1) is 11.7 Å². The molecule has 1 atom stereocenters. The summed E-state index contributed by atoms with van der Waals surface area (Å²) in [7, 11) is -3.60. The van der Waals surface area contributed by atoms with Gasteiger partial charge in [-0.15, -0.1) is 0 Å². The molecule has 1 aliphatic heterocycles. The Balaban J connectivity index is 1.68. The molecule has 0 spiro atoms. The zero-order chi connectivity index (χ0) is 19.4. The van der Waals surface area contributed by atoms with Gasteiger partial charge in [0.05, 0.1) is 11.7 Å². The topological polar surface area (TPSA) is 66.5 Å². The number of sulfonamides is 1. The zero-order valence-corrected chi connectivity index (χ0v) is 16.1. The Labute approximate surface area is 163 Å². The number of hydrogen-bond acceptors (Lipinski definition) is 3.